The summed E-state index contributed by atoms with van der Waals surface area (Å²) in [7, 11) is 1.33. The van der Waals surface area contributed by atoms with Gasteiger partial charge in [0.1, 0.15) is 6.10 Å². The molecular formula is C10H15NO6. The van der Waals surface area contributed by atoms with Crippen molar-refractivity contribution >= 4 is 12.0 Å². The monoisotopic (exact) mass is 245 g/mol. The number of rotatable bonds is 2. The summed E-state index contributed by atoms with van der Waals surface area (Å²) in [6.45, 7) is -0.238. The minimum absolute atomic E-state index is 0.216. The first-order chi connectivity index (χ1) is 8.02. The van der Waals surface area contributed by atoms with Crippen LogP contribution in [0.2, 0.25) is 0 Å². The molecule has 2 rings (SSSR count). The number of carbonyl (C=O) groups is 2. The Morgan fingerprint density at radius 2 is 2.12 bits per heavy atom. The highest BCUT2D eigenvalue weighted by Crippen LogP contribution is 2.26. The van der Waals surface area contributed by atoms with E-state index in [2.05, 4.69) is 0 Å². The van der Waals surface area contributed by atoms with E-state index in [0.29, 0.717) is 6.42 Å². The zero-order valence-electron chi connectivity index (χ0n) is 9.41. The van der Waals surface area contributed by atoms with Crippen molar-refractivity contribution in [2.45, 2.75) is 37.3 Å². The van der Waals surface area contributed by atoms with Crippen LogP contribution < -0.4 is 0 Å². The number of aliphatic hydroxyl groups excluding tert-OH is 2. The van der Waals surface area contributed by atoms with E-state index in [4.69, 9.17) is 14.6 Å². The molecule has 0 aromatic rings. The van der Waals surface area contributed by atoms with E-state index in [1.165, 1.54) is 7.05 Å². The molecule has 2 aliphatic rings. The molecule has 0 saturated carbocycles. The number of nitrogens with zero attached hydrogens (tertiary/aromatic N) is 1. The maximum Gasteiger partial charge on any atom is 0.417 e. The highest BCUT2D eigenvalue weighted by molar-refractivity contribution is 6.00. The molecule has 7 heteroatoms. The zero-order chi connectivity index (χ0) is 12.6. The van der Waals surface area contributed by atoms with Crippen LogP contribution in [0.4, 0.5) is 4.79 Å². The van der Waals surface area contributed by atoms with E-state index in [1.54, 1.807) is 0 Å². The van der Waals surface area contributed by atoms with Crippen LogP contribution in [-0.4, -0.2) is 65.2 Å². The number of imide groups is 1. The smallest absolute Gasteiger partial charge is 0.417 e. The molecule has 7 nitrogen and oxygen atoms in total. The van der Waals surface area contributed by atoms with Crippen LogP contribution in [-0.2, 0) is 14.3 Å². The summed E-state index contributed by atoms with van der Waals surface area (Å²) in [5.41, 5.74) is 0. The molecule has 2 aliphatic heterocycles. The third kappa shape index (κ3) is 2.26. The van der Waals surface area contributed by atoms with Gasteiger partial charge in [0, 0.05) is 19.9 Å². The maximum absolute atomic E-state index is 11.7. The molecular weight excluding hydrogens is 230 g/mol. The van der Waals surface area contributed by atoms with Gasteiger partial charge in [-0.15, -0.1) is 0 Å². The zero-order valence-corrected chi connectivity index (χ0v) is 9.41. The van der Waals surface area contributed by atoms with Crippen molar-refractivity contribution < 1.29 is 29.3 Å². The topological polar surface area (TPSA) is 96.3 Å². The first kappa shape index (κ1) is 12.3. The molecule has 2 heterocycles. The Morgan fingerprint density at radius 1 is 1.41 bits per heavy atom. The molecule has 2 amide bonds. The van der Waals surface area contributed by atoms with Gasteiger partial charge in [0.05, 0.1) is 18.8 Å². The van der Waals surface area contributed by atoms with Gasteiger partial charge in [0.25, 0.3) is 5.91 Å². The fourth-order valence-corrected chi connectivity index (χ4v) is 2.09. The summed E-state index contributed by atoms with van der Waals surface area (Å²) < 4.78 is 10.3. The van der Waals surface area contributed by atoms with E-state index in [1.807, 2.05) is 0 Å². The molecule has 0 bridgehead atoms. The summed E-state index contributed by atoms with van der Waals surface area (Å²) in [4.78, 5) is 23.7. The standard InChI is InChI=1S/C10H15NO6/c1-11-9(14)8(17-10(11)15)7-3-5(13)2-6(4-12)16-7/h5-8,12-13H,2-4H2,1H3. The Hall–Kier alpha value is -1.18. The third-order valence-electron chi connectivity index (χ3n) is 3.02. The van der Waals surface area contributed by atoms with E-state index < -0.39 is 36.4 Å². The summed E-state index contributed by atoms with van der Waals surface area (Å²) >= 11 is 0. The number of likely N-dealkylation sites (N-methyl/N-ethyl adjacent to an activating group) is 1. The van der Waals surface area contributed by atoms with Crippen LogP contribution in [0.25, 0.3) is 0 Å². The Bertz CT molecular complexity index is 333. The number of aliphatic hydroxyl groups is 2. The largest absolute Gasteiger partial charge is 0.433 e. The molecule has 96 valence electrons. The molecule has 0 aromatic heterocycles. The van der Waals surface area contributed by atoms with Crippen molar-refractivity contribution in [1.82, 2.24) is 4.90 Å². The van der Waals surface area contributed by atoms with Gasteiger partial charge in [0.15, 0.2) is 0 Å². The molecule has 0 aromatic carbocycles. The lowest BCUT2D eigenvalue weighted by molar-refractivity contribution is -0.157. The highest BCUT2D eigenvalue weighted by Gasteiger charge is 2.46. The molecule has 0 radical (unpaired) electrons. The number of carbonyl (C=O) groups excluding carboxylic acids is 2. The van der Waals surface area contributed by atoms with Crippen molar-refractivity contribution in [2.24, 2.45) is 0 Å². The second-order valence-corrected chi connectivity index (χ2v) is 4.31. The van der Waals surface area contributed by atoms with Crippen LogP contribution in [0.5, 0.6) is 0 Å². The Labute approximate surface area is 97.9 Å². The van der Waals surface area contributed by atoms with E-state index in [9.17, 15) is 14.7 Å². The second-order valence-electron chi connectivity index (χ2n) is 4.31. The Morgan fingerprint density at radius 3 is 2.65 bits per heavy atom. The van der Waals surface area contributed by atoms with Gasteiger partial charge in [0.2, 0.25) is 6.10 Å². The lowest BCUT2D eigenvalue weighted by atomic mass is 9.97. The predicted octanol–water partition coefficient (Wildman–Crippen LogP) is -1.14. The fourth-order valence-electron chi connectivity index (χ4n) is 2.09. The maximum atomic E-state index is 11.7. The van der Waals surface area contributed by atoms with Gasteiger partial charge in [-0.1, -0.05) is 0 Å². The van der Waals surface area contributed by atoms with Crippen molar-refractivity contribution in [1.29, 1.82) is 0 Å². The predicted molar refractivity (Wildman–Crippen MR) is 54.0 cm³/mol. The van der Waals surface area contributed by atoms with E-state index in [-0.39, 0.29) is 13.0 Å². The van der Waals surface area contributed by atoms with Crippen LogP contribution in [0.15, 0.2) is 0 Å². The molecule has 0 spiro atoms. The second kappa shape index (κ2) is 4.59. The highest BCUT2D eigenvalue weighted by atomic mass is 16.6. The third-order valence-corrected chi connectivity index (χ3v) is 3.02. The normalized spacial score (nSPS) is 38.4. The fraction of sp³-hybridized carbons (Fsp3) is 0.800. The van der Waals surface area contributed by atoms with Crippen molar-refractivity contribution in [3.05, 3.63) is 0 Å². The quantitative estimate of drug-likeness (QED) is 0.638. The van der Waals surface area contributed by atoms with Crippen molar-refractivity contribution in [2.75, 3.05) is 13.7 Å². The molecule has 4 unspecified atom stereocenters. The van der Waals surface area contributed by atoms with Crippen LogP contribution >= 0.6 is 0 Å². The molecule has 2 N–H and O–H groups in total. The molecule has 2 fully saturated rings. The Balaban J connectivity index is 2.07. The average Bonchev–Trinajstić information content (AvgIpc) is 2.56. The van der Waals surface area contributed by atoms with E-state index >= 15 is 0 Å². The molecule has 17 heavy (non-hydrogen) atoms. The molecule has 4 atom stereocenters. The van der Waals surface area contributed by atoms with Gasteiger partial charge in [-0.25, -0.2) is 9.69 Å². The number of cyclic esters (lactones) is 1. The van der Waals surface area contributed by atoms with Gasteiger partial charge in [-0.2, -0.15) is 0 Å². The SMILES string of the molecule is CN1C(=O)OC(C2CC(O)CC(CO)O2)C1=O. The van der Waals surface area contributed by atoms with Crippen molar-refractivity contribution in [3.8, 4) is 0 Å². The molecule has 2 saturated heterocycles. The Kier molecular flexibility index (Phi) is 3.32. The number of amides is 2. The van der Waals surface area contributed by atoms with Gasteiger partial charge in [-0.05, 0) is 0 Å². The first-order valence-corrected chi connectivity index (χ1v) is 5.45. The molecule has 0 aliphatic carbocycles. The minimum atomic E-state index is -1.02. The van der Waals surface area contributed by atoms with Gasteiger partial charge >= 0.3 is 6.09 Å². The van der Waals surface area contributed by atoms with Crippen LogP contribution in [0, 0.1) is 0 Å². The van der Waals surface area contributed by atoms with E-state index in [0.717, 1.165) is 4.90 Å². The first-order valence-electron chi connectivity index (χ1n) is 5.45. The number of hydrogen-bond donors (Lipinski definition) is 2. The number of hydrogen-bond acceptors (Lipinski definition) is 6. The number of ether oxygens (including phenoxy) is 2. The van der Waals surface area contributed by atoms with Crippen molar-refractivity contribution in [3.63, 3.8) is 0 Å². The minimum Gasteiger partial charge on any atom is -0.433 e. The summed E-state index contributed by atoms with van der Waals surface area (Å²) in [5.74, 6) is -0.481. The summed E-state index contributed by atoms with van der Waals surface area (Å²) in [6.07, 6.45) is -3.09. The lowest BCUT2D eigenvalue weighted by Gasteiger charge is -2.33. The summed E-state index contributed by atoms with van der Waals surface area (Å²) in [5, 5.41) is 18.6. The summed E-state index contributed by atoms with van der Waals surface area (Å²) in [6, 6.07) is 0. The average molecular weight is 245 g/mol. The van der Waals surface area contributed by atoms with Crippen LogP contribution in [0.3, 0.4) is 0 Å². The van der Waals surface area contributed by atoms with Crippen LogP contribution in [0.1, 0.15) is 12.8 Å². The lowest BCUT2D eigenvalue weighted by Crippen LogP contribution is -2.46. The van der Waals surface area contributed by atoms with Gasteiger partial charge < -0.3 is 19.7 Å². The van der Waals surface area contributed by atoms with Gasteiger partial charge in [-0.3, -0.25) is 4.79 Å².